The number of aromatic nitrogens is 4. The van der Waals surface area contributed by atoms with Crippen LogP contribution in [0.1, 0.15) is 31.0 Å². The van der Waals surface area contributed by atoms with Crippen molar-refractivity contribution in [2.24, 2.45) is 5.92 Å². The molecule has 0 aliphatic heterocycles. The van der Waals surface area contributed by atoms with Gasteiger partial charge >= 0.3 is 5.97 Å². The zero-order valence-corrected chi connectivity index (χ0v) is 9.51. The zero-order chi connectivity index (χ0) is 12.7. The molecular weight excluding hydrogens is 236 g/mol. The van der Waals surface area contributed by atoms with Gasteiger partial charge in [-0.2, -0.15) is 0 Å². The highest BCUT2D eigenvalue weighted by molar-refractivity contribution is 5.71. The van der Waals surface area contributed by atoms with E-state index in [1.54, 1.807) is 0 Å². The van der Waals surface area contributed by atoms with Crippen molar-refractivity contribution in [2.45, 2.75) is 25.2 Å². The molecule has 0 unspecified atom stereocenters. The zero-order valence-electron chi connectivity index (χ0n) is 9.51. The summed E-state index contributed by atoms with van der Waals surface area (Å²) in [6, 6.07) is 0. The predicted molar refractivity (Wildman–Crippen MR) is 62.2 cm³/mol. The van der Waals surface area contributed by atoms with E-state index in [0.717, 1.165) is 6.42 Å². The summed E-state index contributed by atoms with van der Waals surface area (Å²) in [7, 11) is 0. The Kier molecular flexibility index (Phi) is 2.39. The highest BCUT2D eigenvalue weighted by Gasteiger charge is 2.32. The van der Waals surface area contributed by atoms with E-state index in [-0.39, 0.29) is 17.4 Å². The molecule has 2 heterocycles. The Bertz CT molecular complexity index is 660. The van der Waals surface area contributed by atoms with Crippen molar-refractivity contribution in [3.8, 4) is 0 Å². The Hall–Kier alpha value is -2.18. The number of fused-ring (bicyclic) bond motifs is 1. The lowest BCUT2D eigenvalue weighted by Gasteiger charge is -2.04. The van der Waals surface area contributed by atoms with E-state index in [0.29, 0.717) is 29.8 Å². The largest absolute Gasteiger partial charge is 0.481 e. The van der Waals surface area contributed by atoms with Crippen LogP contribution in [0, 0.1) is 5.92 Å². The number of carboxylic acids is 1. The molecule has 0 saturated heterocycles. The molecule has 94 valence electrons. The van der Waals surface area contributed by atoms with E-state index < -0.39 is 5.97 Å². The maximum Gasteiger partial charge on any atom is 0.306 e. The van der Waals surface area contributed by atoms with Crippen LogP contribution in [0.5, 0.6) is 0 Å². The number of nitrogens with one attached hydrogen (secondary N) is 2. The second-order valence-electron chi connectivity index (χ2n) is 4.60. The van der Waals surface area contributed by atoms with Crippen molar-refractivity contribution in [2.75, 3.05) is 0 Å². The lowest BCUT2D eigenvalue weighted by molar-refractivity contribution is -0.141. The predicted octanol–water partition coefficient (Wildman–Crippen LogP) is 0.614. The van der Waals surface area contributed by atoms with Crippen molar-refractivity contribution < 1.29 is 9.90 Å². The van der Waals surface area contributed by atoms with Gasteiger partial charge in [-0.1, -0.05) is 0 Å². The molecule has 7 heteroatoms. The average Bonchev–Trinajstić information content (AvgIpc) is 2.95. The SMILES string of the molecule is O=C(O)[C@@H]1CC[C@@H](c2nc3nc[nH]c(=O)c3[nH]2)C1. The van der Waals surface area contributed by atoms with Crippen molar-refractivity contribution in [1.82, 2.24) is 19.9 Å². The normalized spacial score (nSPS) is 23.6. The van der Waals surface area contributed by atoms with Gasteiger partial charge in [0.25, 0.3) is 5.56 Å². The van der Waals surface area contributed by atoms with E-state index >= 15 is 0 Å². The van der Waals surface area contributed by atoms with Crippen LogP contribution in [0.3, 0.4) is 0 Å². The van der Waals surface area contributed by atoms with Gasteiger partial charge in [0, 0.05) is 5.92 Å². The molecule has 2 atom stereocenters. The van der Waals surface area contributed by atoms with E-state index in [2.05, 4.69) is 19.9 Å². The third kappa shape index (κ3) is 1.68. The number of nitrogens with zero attached hydrogens (tertiary/aromatic N) is 2. The molecule has 1 aliphatic rings. The molecule has 1 aliphatic carbocycles. The summed E-state index contributed by atoms with van der Waals surface area (Å²) in [6.45, 7) is 0. The first-order valence-corrected chi connectivity index (χ1v) is 5.81. The number of rotatable bonds is 2. The third-order valence-electron chi connectivity index (χ3n) is 3.48. The molecule has 0 amide bonds. The number of aliphatic carboxylic acids is 1. The standard InChI is InChI=1S/C11H12N4O3/c16-10-7-9(12-4-13-10)15-8(14-7)5-1-2-6(3-5)11(17)18/h4-6H,1-3H2,(H,17,18)(H2,12,13,14,15,16)/t5-,6-/m1/s1. The van der Waals surface area contributed by atoms with Gasteiger partial charge in [0.15, 0.2) is 11.2 Å². The Morgan fingerprint density at radius 2 is 2.28 bits per heavy atom. The maximum atomic E-state index is 11.5. The van der Waals surface area contributed by atoms with Crippen LogP contribution in [0.15, 0.2) is 11.1 Å². The van der Waals surface area contributed by atoms with Crippen LogP contribution in [0.2, 0.25) is 0 Å². The quantitative estimate of drug-likeness (QED) is 0.721. The molecule has 2 aromatic heterocycles. The van der Waals surface area contributed by atoms with Crippen LogP contribution >= 0.6 is 0 Å². The summed E-state index contributed by atoms with van der Waals surface area (Å²) in [5.41, 5.74) is 0.477. The maximum absolute atomic E-state index is 11.5. The molecule has 0 radical (unpaired) electrons. The number of imidazole rings is 1. The molecule has 2 aromatic rings. The summed E-state index contributed by atoms with van der Waals surface area (Å²) in [5, 5.41) is 8.96. The molecule has 0 spiro atoms. The van der Waals surface area contributed by atoms with E-state index in [1.807, 2.05) is 0 Å². The number of carboxylic acid groups (broad SMARTS) is 1. The fourth-order valence-electron chi connectivity index (χ4n) is 2.51. The minimum atomic E-state index is -0.760. The molecule has 1 saturated carbocycles. The van der Waals surface area contributed by atoms with Crippen LogP contribution in [-0.4, -0.2) is 31.0 Å². The lowest BCUT2D eigenvalue weighted by Crippen LogP contribution is -2.09. The van der Waals surface area contributed by atoms with Gasteiger partial charge in [0.1, 0.15) is 5.82 Å². The Morgan fingerprint density at radius 3 is 2.94 bits per heavy atom. The summed E-state index contributed by atoms with van der Waals surface area (Å²) in [6.07, 6.45) is 3.30. The highest BCUT2D eigenvalue weighted by Crippen LogP contribution is 2.37. The Balaban J connectivity index is 1.94. The van der Waals surface area contributed by atoms with Crippen LogP contribution in [0.4, 0.5) is 0 Å². The minimum Gasteiger partial charge on any atom is -0.481 e. The molecule has 0 bridgehead atoms. The second-order valence-corrected chi connectivity index (χ2v) is 4.60. The lowest BCUT2D eigenvalue weighted by atomic mass is 10.0. The van der Waals surface area contributed by atoms with E-state index in [1.165, 1.54) is 6.33 Å². The number of hydrogen-bond donors (Lipinski definition) is 3. The summed E-state index contributed by atoms with van der Waals surface area (Å²) in [4.78, 5) is 36.1. The summed E-state index contributed by atoms with van der Waals surface area (Å²) < 4.78 is 0. The first-order chi connectivity index (χ1) is 8.65. The van der Waals surface area contributed by atoms with E-state index in [4.69, 9.17) is 5.11 Å². The van der Waals surface area contributed by atoms with Crippen LogP contribution in [0.25, 0.3) is 11.2 Å². The van der Waals surface area contributed by atoms with Gasteiger partial charge in [-0.25, -0.2) is 9.97 Å². The summed E-state index contributed by atoms with van der Waals surface area (Å²) in [5.74, 6) is -0.336. The number of aromatic amines is 2. The van der Waals surface area contributed by atoms with Crippen LogP contribution in [-0.2, 0) is 4.79 Å². The van der Waals surface area contributed by atoms with E-state index in [9.17, 15) is 9.59 Å². The van der Waals surface area contributed by atoms with Gasteiger partial charge in [-0.3, -0.25) is 9.59 Å². The van der Waals surface area contributed by atoms with Gasteiger partial charge < -0.3 is 15.1 Å². The highest BCUT2D eigenvalue weighted by atomic mass is 16.4. The number of carbonyl (C=O) groups is 1. The van der Waals surface area contributed by atoms with Crippen LogP contribution < -0.4 is 5.56 Å². The Labute approximate surface area is 101 Å². The number of hydrogen-bond acceptors (Lipinski definition) is 4. The fraction of sp³-hybridized carbons (Fsp3) is 0.455. The average molecular weight is 248 g/mol. The number of H-pyrrole nitrogens is 2. The molecule has 3 N–H and O–H groups in total. The first kappa shape index (κ1) is 10.9. The third-order valence-corrected chi connectivity index (χ3v) is 3.48. The van der Waals surface area contributed by atoms with Gasteiger partial charge in [-0.15, -0.1) is 0 Å². The molecule has 0 aromatic carbocycles. The van der Waals surface area contributed by atoms with Crippen molar-refractivity contribution in [3.05, 3.63) is 22.5 Å². The van der Waals surface area contributed by atoms with Gasteiger partial charge in [0.2, 0.25) is 0 Å². The fourth-order valence-corrected chi connectivity index (χ4v) is 2.51. The first-order valence-electron chi connectivity index (χ1n) is 5.81. The monoisotopic (exact) mass is 248 g/mol. The molecule has 18 heavy (non-hydrogen) atoms. The molecule has 1 fully saturated rings. The second kappa shape index (κ2) is 3.94. The van der Waals surface area contributed by atoms with Crippen molar-refractivity contribution >= 4 is 17.1 Å². The Morgan fingerprint density at radius 1 is 1.44 bits per heavy atom. The summed E-state index contributed by atoms with van der Waals surface area (Å²) >= 11 is 0. The minimum absolute atomic E-state index is 0.0692. The van der Waals surface area contributed by atoms with Crippen molar-refractivity contribution in [1.29, 1.82) is 0 Å². The molecule has 3 rings (SSSR count). The van der Waals surface area contributed by atoms with Crippen molar-refractivity contribution in [3.63, 3.8) is 0 Å². The van der Waals surface area contributed by atoms with Gasteiger partial charge in [-0.05, 0) is 19.3 Å². The smallest absolute Gasteiger partial charge is 0.306 e. The topological polar surface area (TPSA) is 112 Å². The van der Waals surface area contributed by atoms with Gasteiger partial charge in [0.05, 0.1) is 12.2 Å². The molecular formula is C11H12N4O3. The molecule has 7 nitrogen and oxygen atoms in total.